The summed E-state index contributed by atoms with van der Waals surface area (Å²) in [5.41, 5.74) is 1.46. The molecule has 1 aliphatic rings. The van der Waals surface area contributed by atoms with E-state index in [-0.39, 0.29) is 18.4 Å². The van der Waals surface area contributed by atoms with Gasteiger partial charge in [-0.3, -0.25) is 9.59 Å². The fourth-order valence-electron chi connectivity index (χ4n) is 2.27. The Balaban J connectivity index is 1.54. The molecule has 3 rings (SSSR count). The minimum Gasteiger partial charge on any atom is -0.367 e. The Labute approximate surface area is 146 Å². The molecule has 2 aromatic heterocycles. The molecule has 1 aliphatic carbocycles. The van der Waals surface area contributed by atoms with Crippen LogP contribution >= 0.6 is 0 Å². The number of rotatable bonds is 6. The maximum absolute atomic E-state index is 12.4. The molecule has 0 saturated heterocycles. The van der Waals surface area contributed by atoms with Crippen molar-refractivity contribution in [1.29, 1.82) is 0 Å². The van der Waals surface area contributed by atoms with Crippen molar-refractivity contribution >= 4 is 23.5 Å². The molecule has 7 heteroatoms. The van der Waals surface area contributed by atoms with Gasteiger partial charge >= 0.3 is 0 Å². The van der Waals surface area contributed by atoms with Crippen molar-refractivity contribution < 1.29 is 9.59 Å². The van der Waals surface area contributed by atoms with Gasteiger partial charge in [-0.1, -0.05) is 6.07 Å². The van der Waals surface area contributed by atoms with Gasteiger partial charge in [-0.05, 0) is 43.5 Å². The van der Waals surface area contributed by atoms with E-state index in [4.69, 9.17) is 0 Å². The quantitative estimate of drug-likeness (QED) is 0.841. The number of hydrogen-bond donors (Lipinski definition) is 2. The number of nitrogens with zero attached hydrogens (tertiary/aromatic N) is 3. The second kappa shape index (κ2) is 7.29. The van der Waals surface area contributed by atoms with E-state index >= 15 is 0 Å². The molecule has 2 aromatic rings. The van der Waals surface area contributed by atoms with Crippen LogP contribution in [-0.4, -0.2) is 46.3 Å². The van der Waals surface area contributed by atoms with Crippen LogP contribution < -0.4 is 10.6 Å². The molecule has 0 aromatic carbocycles. The summed E-state index contributed by atoms with van der Waals surface area (Å²) in [5, 5.41) is 5.94. The number of pyridine rings is 2. The molecule has 0 atom stereocenters. The molecule has 25 heavy (non-hydrogen) atoms. The van der Waals surface area contributed by atoms with Crippen molar-refractivity contribution in [2.75, 3.05) is 24.2 Å². The van der Waals surface area contributed by atoms with Crippen LogP contribution in [0.5, 0.6) is 0 Å². The summed E-state index contributed by atoms with van der Waals surface area (Å²) < 4.78 is 0. The second-order valence-electron chi connectivity index (χ2n) is 6.28. The zero-order valence-electron chi connectivity index (χ0n) is 14.3. The lowest BCUT2D eigenvalue weighted by Crippen LogP contribution is -2.35. The van der Waals surface area contributed by atoms with Crippen molar-refractivity contribution in [2.45, 2.75) is 25.8 Å². The summed E-state index contributed by atoms with van der Waals surface area (Å²) >= 11 is 0. The third-order valence-electron chi connectivity index (χ3n) is 3.85. The van der Waals surface area contributed by atoms with Gasteiger partial charge in [0.1, 0.15) is 11.6 Å². The van der Waals surface area contributed by atoms with E-state index in [1.807, 2.05) is 13.0 Å². The van der Waals surface area contributed by atoms with Crippen LogP contribution in [0.25, 0.3) is 0 Å². The first-order valence-corrected chi connectivity index (χ1v) is 8.22. The molecule has 7 nitrogen and oxygen atoms in total. The minimum absolute atomic E-state index is 0.0591. The predicted octanol–water partition coefficient (Wildman–Crippen LogP) is 2.07. The molecule has 0 aliphatic heterocycles. The lowest BCUT2D eigenvalue weighted by molar-refractivity contribution is -0.116. The molecule has 0 bridgehead atoms. The molecule has 1 saturated carbocycles. The summed E-state index contributed by atoms with van der Waals surface area (Å²) in [6.45, 7) is 1.86. The first kappa shape index (κ1) is 16.9. The fourth-order valence-corrected chi connectivity index (χ4v) is 2.27. The van der Waals surface area contributed by atoms with E-state index in [0.29, 0.717) is 17.4 Å². The van der Waals surface area contributed by atoms with Crippen LogP contribution in [-0.2, 0) is 4.79 Å². The van der Waals surface area contributed by atoms with E-state index in [0.717, 1.165) is 24.2 Å². The van der Waals surface area contributed by atoms with Gasteiger partial charge in [-0.15, -0.1) is 0 Å². The smallest absolute Gasteiger partial charge is 0.255 e. The number of hydrogen-bond acceptors (Lipinski definition) is 5. The number of amides is 2. The molecule has 0 radical (unpaired) electrons. The van der Waals surface area contributed by atoms with Crippen molar-refractivity contribution in [3.8, 4) is 0 Å². The average Bonchev–Trinajstić information content (AvgIpc) is 3.41. The third-order valence-corrected chi connectivity index (χ3v) is 3.85. The first-order valence-electron chi connectivity index (χ1n) is 8.22. The van der Waals surface area contributed by atoms with Crippen molar-refractivity contribution in [3.05, 3.63) is 47.8 Å². The number of carbonyl (C=O) groups excluding carboxylic acids is 2. The second-order valence-corrected chi connectivity index (χ2v) is 6.28. The summed E-state index contributed by atoms with van der Waals surface area (Å²) in [4.78, 5) is 34.2. The Morgan fingerprint density at radius 3 is 2.44 bits per heavy atom. The summed E-state index contributed by atoms with van der Waals surface area (Å²) in [6, 6.07) is 7.60. The normalized spacial score (nSPS) is 13.2. The number of aromatic nitrogens is 2. The Morgan fingerprint density at radius 2 is 1.84 bits per heavy atom. The van der Waals surface area contributed by atoms with Gasteiger partial charge in [0.15, 0.2) is 0 Å². The lowest BCUT2D eigenvalue weighted by Gasteiger charge is -2.16. The Morgan fingerprint density at radius 1 is 1.12 bits per heavy atom. The molecule has 0 spiro atoms. The average molecular weight is 339 g/mol. The largest absolute Gasteiger partial charge is 0.367 e. The van der Waals surface area contributed by atoms with E-state index in [2.05, 4.69) is 20.6 Å². The van der Waals surface area contributed by atoms with E-state index in [1.165, 1.54) is 11.1 Å². The Hall–Kier alpha value is -2.96. The predicted molar refractivity (Wildman–Crippen MR) is 95.4 cm³/mol. The zero-order chi connectivity index (χ0) is 17.8. The zero-order valence-corrected chi connectivity index (χ0v) is 14.3. The number of anilines is 2. The van der Waals surface area contributed by atoms with Crippen molar-refractivity contribution in [3.63, 3.8) is 0 Å². The third kappa shape index (κ3) is 4.76. The lowest BCUT2D eigenvalue weighted by atomic mass is 10.2. The van der Waals surface area contributed by atoms with Crippen LogP contribution in [0.1, 0.15) is 28.8 Å². The van der Waals surface area contributed by atoms with Gasteiger partial charge in [-0.2, -0.15) is 0 Å². The van der Waals surface area contributed by atoms with Gasteiger partial charge in [0.25, 0.3) is 5.91 Å². The van der Waals surface area contributed by atoms with Crippen LogP contribution in [0.3, 0.4) is 0 Å². The van der Waals surface area contributed by atoms with Crippen molar-refractivity contribution in [2.24, 2.45) is 0 Å². The van der Waals surface area contributed by atoms with Gasteiger partial charge in [0.2, 0.25) is 5.91 Å². The highest BCUT2D eigenvalue weighted by atomic mass is 16.2. The highest BCUT2D eigenvalue weighted by Crippen LogP contribution is 2.23. The van der Waals surface area contributed by atoms with E-state index < -0.39 is 0 Å². The molecule has 2 N–H and O–H groups in total. The van der Waals surface area contributed by atoms with Crippen LogP contribution in [0.2, 0.25) is 0 Å². The Kier molecular flexibility index (Phi) is 4.92. The topological polar surface area (TPSA) is 87.2 Å². The molecule has 2 amide bonds. The molecule has 1 fully saturated rings. The monoisotopic (exact) mass is 339 g/mol. The standard InChI is InChI=1S/C18H21N5O2/c1-12-3-7-16(19-9-12)22-17(24)11-23(2)18(25)13-4-8-15(20-10-13)21-14-5-6-14/h3-4,7-10,14H,5-6,11H2,1-2H3,(H,20,21)(H,19,22,24). The molecular formula is C18H21N5O2. The number of aryl methyl sites for hydroxylation is 1. The maximum atomic E-state index is 12.4. The summed E-state index contributed by atoms with van der Waals surface area (Å²) in [6.07, 6.45) is 5.53. The molecule has 2 heterocycles. The summed E-state index contributed by atoms with van der Waals surface area (Å²) in [5.74, 6) is 0.684. The molecule has 130 valence electrons. The highest BCUT2D eigenvalue weighted by Gasteiger charge is 2.21. The maximum Gasteiger partial charge on any atom is 0.255 e. The van der Waals surface area contributed by atoms with Gasteiger partial charge < -0.3 is 15.5 Å². The molecule has 0 unspecified atom stereocenters. The summed E-state index contributed by atoms with van der Waals surface area (Å²) in [7, 11) is 1.58. The number of carbonyl (C=O) groups is 2. The minimum atomic E-state index is -0.299. The number of nitrogens with one attached hydrogen (secondary N) is 2. The van der Waals surface area contributed by atoms with Crippen LogP contribution in [0.15, 0.2) is 36.7 Å². The van der Waals surface area contributed by atoms with Crippen LogP contribution in [0.4, 0.5) is 11.6 Å². The van der Waals surface area contributed by atoms with E-state index in [1.54, 1.807) is 31.4 Å². The Bertz CT molecular complexity index is 754. The van der Waals surface area contributed by atoms with E-state index in [9.17, 15) is 9.59 Å². The fraction of sp³-hybridized carbons (Fsp3) is 0.333. The van der Waals surface area contributed by atoms with Gasteiger partial charge in [-0.25, -0.2) is 9.97 Å². The van der Waals surface area contributed by atoms with Crippen molar-refractivity contribution in [1.82, 2.24) is 14.9 Å². The SMILES string of the molecule is Cc1ccc(NC(=O)CN(C)C(=O)c2ccc(NC3CC3)nc2)nc1. The highest BCUT2D eigenvalue weighted by molar-refractivity contribution is 5.98. The van der Waals surface area contributed by atoms with Crippen LogP contribution in [0, 0.1) is 6.92 Å². The van der Waals surface area contributed by atoms with Gasteiger partial charge in [0, 0.05) is 25.5 Å². The first-order chi connectivity index (χ1) is 12.0. The molecular weight excluding hydrogens is 318 g/mol. The number of likely N-dealkylation sites (N-methyl/N-ethyl adjacent to an activating group) is 1. The van der Waals surface area contributed by atoms with Gasteiger partial charge in [0.05, 0.1) is 12.1 Å².